The average molecular weight is 257 g/mol. The quantitative estimate of drug-likeness (QED) is 0.427. The Balaban J connectivity index is 1.79. The Morgan fingerprint density at radius 1 is 1.28 bits per heavy atom. The predicted molar refractivity (Wildman–Crippen MR) is 72.1 cm³/mol. The molecule has 3 aromatic rings. The summed E-state index contributed by atoms with van der Waals surface area (Å²) in [4.78, 5) is 15.8. The highest BCUT2D eigenvalue weighted by atomic mass is 32.2. The molecule has 0 aliphatic heterocycles. The summed E-state index contributed by atoms with van der Waals surface area (Å²) in [6.07, 6.45) is 3.27. The van der Waals surface area contributed by atoms with Crippen LogP contribution in [0, 0.1) is 0 Å². The van der Waals surface area contributed by atoms with Gasteiger partial charge in [0.1, 0.15) is 12.2 Å². The number of nitrogens with zero attached hydrogens (tertiary/aromatic N) is 3. The largest absolute Gasteiger partial charge is 0.399 e. The summed E-state index contributed by atoms with van der Waals surface area (Å²) in [6, 6.07) is 7.54. The van der Waals surface area contributed by atoms with E-state index in [1.165, 1.54) is 0 Å². The first kappa shape index (κ1) is 11.0. The van der Waals surface area contributed by atoms with E-state index in [0.29, 0.717) is 0 Å². The average Bonchev–Trinajstić information content (AvgIpc) is 2.79. The number of hydrogen-bond acceptors (Lipinski definition) is 5. The molecular formula is C12H11N5S. The Hall–Kier alpha value is -2.08. The highest BCUT2D eigenvalue weighted by Crippen LogP contribution is 2.21. The first-order valence-electron chi connectivity index (χ1n) is 5.44. The van der Waals surface area contributed by atoms with Gasteiger partial charge in [0.15, 0.2) is 0 Å². The van der Waals surface area contributed by atoms with Gasteiger partial charge >= 0.3 is 0 Å². The van der Waals surface area contributed by atoms with Gasteiger partial charge in [0.2, 0.25) is 0 Å². The van der Waals surface area contributed by atoms with E-state index < -0.39 is 0 Å². The normalized spacial score (nSPS) is 10.9. The molecule has 0 bridgehead atoms. The molecule has 0 atom stereocenters. The molecule has 0 spiro atoms. The van der Waals surface area contributed by atoms with Crippen LogP contribution < -0.4 is 5.73 Å². The summed E-state index contributed by atoms with van der Waals surface area (Å²) in [5.74, 6) is 1.66. The maximum absolute atomic E-state index is 5.73. The third kappa shape index (κ3) is 2.28. The van der Waals surface area contributed by atoms with Crippen LogP contribution in [0.1, 0.15) is 5.82 Å². The molecule has 0 aliphatic carbocycles. The molecule has 3 N–H and O–H groups in total. The third-order valence-corrected chi connectivity index (χ3v) is 3.42. The number of benzene rings is 1. The van der Waals surface area contributed by atoms with Crippen molar-refractivity contribution in [1.82, 2.24) is 19.9 Å². The molecular weight excluding hydrogens is 246 g/mol. The van der Waals surface area contributed by atoms with Gasteiger partial charge in [-0.25, -0.2) is 15.0 Å². The first-order valence-corrected chi connectivity index (χ1v) is 6.43. The molecule has 0 amide bonds. The SMILES string of the molecule is Nc1ccc2nc(CSc3ccncn3)[nH]c2c1. The van der Waals surface area contributed by atoms with Gasteiger partial charge in [0.25, 0.3) is 0 Å². The minimum Gasteiger partial charge on any atom is -0.399 e. The summed E-state index contributed by atoms with van der Waals surface area (Å²) in [6.45, 7) is 0. The number of nitrogen functional groups attached to an aromatic ring is 1. The fourth-order valence-electron chi connectivity index (χ4n) is 1.65. The fourth-order valence-corrected chi connectivity index (χ4v) is 2.35. The number of nitrogens with one attached hydrogen (secondary N) is 1. The lowest BCUT2D eigenvalue weighted by Crippen LogP contribution is -1.85. The van der Waals surface area contributed by atoms with Crippen molar-refractivity contribution in [1.29, 1.82) is 0 Å². The van der Waals surface area contributed by atoms with E-state index in [-0.39, 0.29) is 0 Å². The number of thioether (sulfide) groups is 1. The Kier molecular flexibility index (Phi) is 2.85. The van der Waals surface area contributed by atoms with Crippen molar-refractivity contribution in [2.75, 3.05) is 5.73 Å². The van der Waals surface area contributed by atoms with Crippen LogP contribution in [0.3, 0.4) is 0 Å². The van der Waals surface area contributed by atoms with Crippen molar-refractivity contribution < 1.29 is 0 Å². The maximum atomic E-state index is 5.73. The zero-order valence-corrected chi connectivity index (χ0v) is 10.3. The molecule has 0 saturated carbocycles. The van der Waals surface area contributed by atoms with Gasteiger partial charge in [-0.15, -0.1) is 0 Å². The number of H-pyrrole nitrogens is 1. The van der Waals surface area contributed by atoms with Crippen molar-refractivity contribution in [2.24, 2.45) is 0 Å². The molecule has 0 unspecified atom stereocenters. The summed E-state index contributed by atoms with van der Waals surface area (Å²) >= 11 is 1.62. The number of aromatic amines is 1. The van der Waals surface area contributed by atoms with E-state index in [0.717, 1.165) is 33.3 Å². The first-order chi connectivity index (χ1) is 8.81. The Labute approximate surface area is 108 Å². The highest BCUT2D eigenvalue weighted by molar-refractivity contribution is 7.98. The van der Waals surface area contributed by atoms with Crippen LogP contribution in [-0.4, -0.2) is 19.9 Å². The van der Waals surface area contributed by atoms with Gasteiger partial charge in [-0.05, 0) is 24.3 Å². The van der Waals surface area contributed by atoms with Crippen LogP contribution in [0.4, 0.5) is 5.69 Å². The number of rotatable bonds is 3. The summed E-state index contributed by atoms with van der Waals surface area (Å²) in [5.41, 5.74) is 8.36. The van der Waals surface area contributed by atoms with E-state index in [2.05, 4.69) is 19.9 Å². The number of hydrogen-bond donors (Lipinski definition) is 2. The number of imidazole rings is 1. The minimum atomic E-state index is 0.737. The monoisotopic (exact) mass is 257 g/mol. The maximum Gasteiger partial charge on any atom is 0.117 e. The molecule has 18 heavy (non-hydrogen) atoms. The summed E-state index contributed by atoms with van der Waals surface area (Å²) < 4.78 is 0. The molecule has 5 nitrogen and oxygen atoms in total. The molecule has 3 rings (SSSR count). The van der Waals surface area contributed by atoms with Gasteiger partial charge in [0.05, 0.1) is 21.8 Å². The van der Waals surface area contributed by atoms with Crippen LogP contribution in [0.25, 0.3) is 11.0 Å². The van der Waals surface area contributed by atoms with E-state index in [9.17, 15) is 0 Å². The number of nitrogens with two attached hydrogens (primary N) is 1. The smallest absolute Gasteiger partial charge is 0.117 e. The van der Waals surface area contributed by atoms with Gasteiger partial charge in [-0.3, -0.25) is 0 Å². The second-order valence-electron chi connectivity index (χ2n) is 3.80. The Bertz CT molecular complexity index is 665. The zero-order chi connectivity index (χ0) is 12.4. The number of fused-ring (bicyclic) bond motifs is 1. The van der Waals surface area contributed by atoms with E-state index in [1.807, 2.05) is 24.3 Å². The molecule has 90 valence electrons. The van der Waals surface area contributed by atoms with Crippen LogP contribution in [0.15, 0.2) is 41.8 Å². The van der Waals surface area contributed by atoms with Crippen LogP contribution in [0.5, 0.6) is 0 Å². The highest BCUT2D eigenvalue weighted by Gasteiger charge is 2.04. The predicted octanol–water partition coefficient (Wildman–Crippen LogP) is 2.23. The van der Waals surface area contributed by atoms with Crippen molar-refractivity contribution in [2.45, 2.75) is 10.8 Å². The number of anilines is 1. The molecule has 6 heteroatoms. The Morgan fingerprint density at radius 2 is 2.22 bits per heavy atom. The van der Waals surface area contributed by atoms with Gasteiger partial charge in [0, 0.05) is 11.9 Å². The molecule has 2 aromatic heterocycles. The zero-order valence-electron chi connectivity index (χ0n) is 9.50. The van der Waals surface area contributed by atoms with Crippen molar-refractivity contribution in [3.8, 4) is 0 Å². The van der Waals surface area contributed by atoms with Gasteiger partial charge < -0.3 is 10.7 Å². The molecule has 2 heterocycles. The van der Waals surface area contributed by atoms with E-state index >= 15 is 0 Å². The van der Waals surface area contributed by atoms with Crippen molar-refractivity contribution in [3.63, 3.8) is 0 Å². The summed E-state index contributed by atoms with van der Waals surface area (Å²) in [5, 5.41) is 0.935. The van der Waals surface area contributed by atoms with Crippen molar-refractivity contribution in [3.05, 3.63) is 42.6 Å². The molecule has 0 aliphatic rings. The van der Waals surface area contributed by atoms with Gasteiger partial charge in [-0.1, -0.05) is 11.8 Å². The third-order valence-electron chi connectivity index (χ3n) is 2.47. The molecule has 0 saturated heterocycles. The van der Waals surface area contributed by atoms with E-state index in [4.69, 9.17) is 5.73 Å². The molecule has 0 radical (unpaired) electrons. The molecule has 0 fully saturated rings. The summed E-state index contributed by atoms with van der Waals surface area (Å²) in [7, 11) is 0. The van der Waals surface area contributed by atoms with E-state index in [1.54, 1.807) is 24.3 Å². The topological polar surface area (TPSA) is 80.5 Å². The standard InChI is InChI=1S/C12H11N5S/c13-8-1-2-9-10(5-8)17-11(16-9)6-18-12-3-4-14-7-15-12/h1-5,7H,6,13H2,(H,16,17). The van der Waals surface area contributed by atoms with Crippen LogP contribution >= 0.6 is 11.8 Å². The lowest BCUT2D eigenvalue weighted by molar-refractivity contribution is 1.04. The second-order valence-corrected chi connectivity index (χ2v) is 4.79. The van der Waals surface area contributed by atoms with Crippen LogP contribution in [-0.2, 0) is 5.75 Å². The van der Waals surface area contributed by atoms with Crippen LogP contribution in [0.2, 0.25) is 0 Å². The van der Waals surface area contributed by atoms with Crippen molar-refractivity contribution >= 4 is 28.5 Å². The van der Waals surface area contributed by atoms with Gasteiger partial charge in [-0.2, -0.15) is 0 Å². The molecule has 1 aromatic carbocycles. The second kappa shape index (κ2) is 4.66. The fraction of sp³-hybridized carbons (Fsp3) is 0.0833. The lowest BCUT2D eigenvalue weighted by atomic mass is 10.3. The minimum absolute atomic E-state index is 0.737. The Morgan fingerprint density at radius 3 is 3.06 bits per heavy atom. The lowest BCUT2D eigenvalue weighted by Gasteiger charge is -1.96. The number of aromatic nitrogens is 4.